The number of rotatable bonds is 4. The van der Waals surface area contributed by atoms with E-state index >= 15 is 0 Å². The number of carboxylic acid groups (broad SMARTS) is 1. The third-order valence-electron chi connectivity index (χ3n) is 3.81. The molecule has 2 fully saturated rings. The fraction of sp³-hybridized carbons (Fsp3) is 0.917. The molecule has 2 N–H and O–H groups in total. The highest BCUT2D eigenvalue weighted by Gasteiger charge is 2.39. The van der Waals surface area contributed by atoms with Gasteiger partial charge in [0.2, 0.25) is 0 Å². The van der Waals surface area contributed by atoms with Crippen molar-refractivity contribution in [3.05, 3.63) is 0 Å². The van der Waals surface area contributed by atoms with Crippen LogP contribution in [0.2, 0.25) is 0 Å². The number of carboxylic acids is 1. The molecule has 0 spiro atoms. The van der Waals surface area contributed by atoms with E-state index in [0.717, 1.165) is 18.8 Å². The molecule has 15 heavy (non-hydrogen) atoms. The predicted molar refractivity (Wildman–Crippen MR) is 58.8 cm³/mol. The van der Waals surface area contributed by atoms with E-state index in [9.17, 15) is 4.79 Å². The van der Waals surface area contributed by atoms with E-state index in [2.05, 4.69) is 12.2 Å². The molecular formula is C12H21NO2. The molecule has 0 aliphatic heterocycles. The Labute approximate surface area is 91.2 Å². The van der Waals surface area contributed by atoms with Gasteiger partial charge < -0.3 is 10.4 Å². The Hall–Kier alpha value is -0.570. The summed E-state index contributed by atoms with van der Waals surface area (Å²) in [6, 6.07) is 0.609. The lowest BCUT2D eigenvalue weighted by atomic mass is 9.75. The first-order valence-electron chi connectivity index (χ1n) is 6.09. The van der Waals surface area contributed by atoms with Gasteiger partial charge in [-0.2, -0.15) is 0 Å². The van der Waals surface area contributed by atoms with E-state index in [-0.39, 0.29) is 5.54 Å². The Morgan fingerprint density at radius 3 is 2.40 bits per heavy atom. The average Bonchev–Trinajstić information content (AvgIpc) is 2.93. The van der Waals surface area contributed by atoms with Crippen LogP contribution in [0.15, 0.2) is 0 Å². The van der Waals surface area contributed by atoms with Crippen molar-refractivity contribution >= 4 is 5.97 Å². The average molecular weight is 211 g/mol. The van der Waals surface area contributed by atoms with Gasteiger partial charge in [-0.3, -0.25) is 4.79 Å². The SMILES string of the molecule is CC1CCC(CC(=O)O)(NC2CC2)CC1. The topological polar surface area (TPSA) is 49.3 Å². The van der Waals surface area contributed by atoms with Crippen molar-refractivity contribution in [1.29, 1.82) is 0 Å². The van der Waals surface area contributed by atoms with E-state index in [1.807, 2.05) is 0 Å². The Kier molecular flexibility index (Phi) is 3.01. The number of nitrogens with one attached hydrogen (secondary N) is 1. The number of aliphatic carboxylic acids is 1. The maximum Gasteiger partial charge on any atom is 0.305 e. The molecule has 0 aromatic carbocycles. The van der Waals surface area contributed by atoms with Gasteiger partial charge in [0, 0.05) is 11.6 Å². The molecule has 2 rings (SSSR count). The van der Waals surface area contributed by atoms with Crippen LogP contribution in [0.25, 0.3) is 0 Å². The summed E-state index contributed by atoms with van der Waals surface area (Å²) in [6.07, 6.45) is 7.19. The van der Waals surface area contributed by atoms with E-state index in [0.29, 0.717) is 12.5 Å². The van der Waals surface area contributed by atoms with Crippen molar-refractivity contribution in [2.24, 2.45) is 5.92 Å². The maximum atomic E-state index is 10.9. The molecule has 2 aliphatic carbocycles. The minimum Gasteiger partial charge on any atom is -0.481 e. The largest absolute Gasteiger partial charge is 0.481 e. The molecule has 0 saturated heterocycles. The van der Waals surface area contributed by atoms with Gasteiger partial charge in [0.25, 0.3) is 0 Å². The summed E-state index contributed by atoms with van der Waals surface area (Å²) in [4.78, 5) is 10.9. The molecule has 0 aromatic rings. The van der Waals surface area contributed by atoms with Crippen molar-refractivity contribution in [3.63, 3.8) is 0 Å². The zero-order valence-corrected chi connectivity index (χ0v) is 9.46. The van der Waals surface area contributed by atoms with Crippen LogP contribution in [0, 0.1) is 5.92 Å². The van der Waals surface area contributed by atoms with Crippen molar-refractivity contribution in [1.82, 2.24) is 5.32 Å². The minimum absolute atomic E-state index is 0.0838. The lowest BCUT2D eigenvalue weighted by molar-refractivity contribution is -0.139. The monoisotopic (exact) mass is 211 g/mol. The Balaban J connectivity index is 1.97. The van der Waals surface area contributed by atoms with Gasteiger partial charge in [-0.05, 0) is 44.4 Å². The predicted octanol–water partition coefficient (Wildman–Crippen LogP) is 2.16. The summed E-state index contributed by atoms with van der Waals surface area (Å²) in [7, 11) is 0. The third kappa shape index (κ3) is 2.94. The smallest absolute Gasteiger partial charge is 0.305 e. The molecule has 0 bridgehead atoms. The molecule has 86 valence electrons. The standard InChI is InChI=1S/C12H21NO2/c1-9-4-6-12(7-5-9,8-11(14)15)13-10-2-3-10/h9-10,13H,2-8H2,1H3,(H,14,15). The molecular weight excluding hydrogens is 190 g/mol. The summed E-state index contributed by atoms with van der Waals surface area (Å²) in [5, 5.41) is 12.6. The summed E-state index contributed by atoms with van der Waals surface area (Å²) in [5.74, 6) is 0.116. The normalized spacial score (nSPS) is 36.5. The fourth-order valence-corrected chi connectivity index (χ4v) is 2.64. The summed E-state index contributed by atoms with van der Waals surface area (Å²) < 4.78 is 0. The first-order valence-corrected chi connectivity index (χ1v) is 6.09. The number of hydrogen-bond donors (Lipinski definition) is 2. The second-order valence-electron chi connectivity index (χ2n) is 5.45. The molecule has 0 unspecified atom stereocenters. The van der Waals surface area contributed by atoms with Crippen LogP contribution in [0.1, 0.15) is 51.9 Å². The van der Waals surface area contributed by atoms with Crippen LogP contribution in [0.3, 0.4) is 0 Å². The number of hydrogen-bond acceptors (Lipinski definition) is 2. The van der Waals surface area contributed by atoms with Gasteiger partial charge in [-0.25, -0.2) is 0 Å². The van der Waals surface area contributed by atoms with Crippen molar-refractivity contribution in [2.45, 2.75) is 63.5 Å². The highest BCUT2D eigenvalue weighted by atomic mass is 16.4. The highest BCUT2D eigenvalue weighted by molar-refractivity contribution is 5.68. The van der Waals surface area contributed by atoms with Crippen LogP contribution >= 0.6 is 0 Å². The second kappa shape index (κ2) is 4.12. The molecule has 2 aliphatic rings. The molecule has 0 atom stereocenters. The molecule has 0 amide bonds. The minimum atomic E-state index is -0.655. The van der Waals surface area contributed by atoms with Gasteiger partial charge in [0.05, 0.1) is 6.42 Å². The molecule has 0 radical (unpaired) electrons. The molecule has 0 aromatic heterocycles. The molecule has 2 saturated carbocycles. The highest BCUT2D eigenvalue weighted by Crippen LogP contribution is 2.37. The van der Waals surface area contributed by atoms with Crippen molar-refractivity contribution < 1.29 is 9.90 Å². The van der Waals surface area contributed by atoms with Gasteiger partial charge in [0.15, 0.2) is 0 Å². The summed E-state index contributed by atoms with van der Waals surface area (Å²) in [5.41, 5.74) is -0.0838. The van der Waals surface area contributed by atoms with Gasteiger partial charge in [0.1, 0.15) is 0 Å². The van der Waals surface area contributed by atoms with Gasteiger partial charge in [-0.1, -0.05) is 6.92 Å². The fourth-order valence-electron chi connectivity index (χ4n) is 2.64. The van der Waals surface area contributed by atoms with Crippen LogP contribution in [-0.2, 0) is 4.79 Å². The first kappa shape index (κ1) is 10.9. The second-order valence-corrected chi connectivity index (χ2v) is 5.45. The van der Waals surface area contributed by atoms with Crippen LogP contribution in [-0.4, -0.2) is 22.7 Å². The van der Waals surface area contributed by atoms with E-state index in [4.69, 9.17) is 5.11 Å². The lowest BCUT2D eigenvalue weighted by Gasteiger charge is -2.39. The zero-order chi connectivity index (χ0) is 10.9. The molecule has 0 heterocycles. The van der Waals surface area contributed by atoms with Crippen molar-refractivity contribution in [3.8, 4) is 0 Å². The third-order valence-corrected chi connectivity index (χ3v) is 3.81. The number of carbonyl (C=O) groups is 1. The Morgan fingerprint density at radius 1 is 1.33 bits per heavy atom. The first-order chi connectivity index (χ1) is 7.10. The summed E-state index contributed by atoms with van der Waals surface area (Å²) >= 11 is 0. The lowest BCUT2D eigenvalue weighted by Crippen LogP contribution is -2.50. The maximum absolute atomic E-state index is 10.9. The Morgan fingerprint density at radius 2 is 1.93 bits per heavy atom. The quantitative estimate of drug-likeness (QED) is 0.749. The van der Waals surface area contributed by atoms with Crippen molar-refractivity contribution in [2.75, 3.05) is 0 Å². The summed E-state index contributed by atoms with van der Waals surface area (Å²) in [6.45, 7) is 2.27. The van der Waals surface area contributed by atoms with Crippen LogP contribution < -0.4 is 5.32 Å². The van der Waals surface area contributed by atoms with E-state index in [1.165, 1.54) is 25.7 Å². The zero-order valence-electron chi connectivity index (χ0n) is 9.46. The molecule has 3 heteroatoms. The van der Waals surface area contributed by atoms with Gasteiger partial charge in [-0.15, -0.1) is 0 Å². The van der Waals surface area contributed by atoms with E-state index in [1.54, 1.807) is 0 Å². The van der Waals surface area contributed by atoms with Crippen LogP contribution in [0.5, 0.6) is 0 Å². The van der Waals surface area contributed by atoms with E-state index < -0.39 is 5.97 Å². The Bertz CT molecular complexity index is 240. The van der Waals surface area contributed by atoms with Crippen LogP contribution in [0.4, 0.5) is 0 Å². The molecule has 3 nitrogen and oxygen atoms in total. The van der Waals surface area contributed by atoms with Gasteiger partial charge >= 0.3 is 5.97 Å².